The maximum Gasteiger partial charge on any atom is 0.378 e. The summed E-state index contributed by atoms with van der Waals surface area (Å²) in [6.45, 7) is 3.25. The molecule has 0 aromatic heterocycles. The quantitative estimate of drug-likeness (QED) is 0.734. The molecule has 1 fully saturated rings. The Balaban J connectivity index is 0. The molecular weight excluding hydrogens is 272 g/mol. The first-order chi connectivity index (χ1) is 7.77. The number of carbonyl (C=O) groups excluding carboxylic acids is 1. The van der Waals surface area contributed by atoms with Crippen LogP contribution < -0.4 is 5.32 Å². The van der Waals surface area contributed by atoms with Crippen molar-refractivity contribution >= 4 is 38.8 Å². The Bertz CT molecular complexity index is 214. The molecule has 3 nitrogen and oxygen atoms in total. The second kappa shape index (κ2) is 12.1. The standard InChI is InChI=1S/C12H22BNO2.2ClH/c1-2-3-5-10(12(15)16-13)7-8-11-6-4-9-14-11;;/h10-11,14H,2-9H2,1H3;2*1H/t10?,11-;;/m0../s1. The van der Waals surface area contributed by atoms with Gasteiger partial charge in [-0.1, -0.05) is 19.8 Å². The first-order valence-electron chi connectivity index (χ1n) is 6.41. The maximum atomic E-state index is 11.5. The lowest BCUT2D eigenvalue weighted by Crippen LogP contribution is -2.24. The third-order valence-corrected chi connectivity index (χ3v) is 3.38. The molecule has 0 aromatic rings. The van der Waals surface area contributed by atoms with E-state index in [1.54, 1.807) is 0 Å². The van der Waals surface area contributed by atoms with Crippen LogP contribution in [0.15, 0.2) is 0 Å². The van der Waals surface area contributed by atoms with Crippen LogP contribution in [0.3, 0.4) is 0 Å². The average Bonchev–Trinajstić information content (AvgIpc) is 2.81. The Morgan fingerprint density at radius 3 is 2.67 bits per heavy atom. The fourth-order valence-corrected chi connectivity index (χ4v) is 2.33. The molecule has 2 radical (unpaired) electrons. The van der Waals surface area contributed by atoms with E-state index in [2.05, 4.69) is 16.9 Å². The molecule has 18 heavy (non-hydrogen) atoms. The molecule has 1 rings (SSSR count). The van der Waals surface area contributed by atoms with Crippen molar-refractivity contribution in [3.05, 3.63) is 0 Å². The number of hydrogen-bond acceptors (Lipinski definition) is 3. The number of hydrogen-bond donors (Lipinski definition) is 1. The molecule has 0 aromatic carbocycles. The molecular formula is C12H24BCl2NO2. The Hall–Kier alpha value is 0.0749. The predicted molar refractivity (Wildman–Crippen MR) is 79.6 cm³/mol. The zero-order chi connectivity index (χ0) is 11.8. The van der Waals surface area contributed by atoms with Crippen LogP contribution in [0.5, 0.6) is 0 Å². The fourth-order valence-electron chi connectivity index (χ4n) is 2.33. The molecule has 1 aliphatic rings. The number of halogens is 2. The molecule has 1 saturated heterocycles. The van der Waals surface area contributed by atoms with Crippen LogP contribution in [0.25, 0.3) is 0 Å². The summed E-state index contributed by atoms with van der Waals surface area (Å²) in [6.07, 6.45) is 7.52. The molecule has 1 heterocycles. The molecule has 2 atom stereocenters. The van der Waals surface area contributed by atoms with Crippen molar-refractivity contribution in [2.45, 2.75) is 57.9 Å². The molecule has 0 bridgehead atoms. The van der Waals surface area contributed by atoms with Crippen molar-refractivity contribution in [2.75, 3.05) is 6.54 Å². The van der Waals surface area contributed by atoms with Gasteiger partial charge in [0, 0.05) is 6.04 Å². The summed E-state index contributed by atoms with van der Waals surface area (Å²) in [6, 6.07) is 0.592. The van der Waals surface area contributed by atoms with Gasteiger partial charge in [0.05, 0.1) is 5.92 Å². The predicted octanol–water partition coefficient (Wildman–Crippen LogP) is 2.80. The van der Waals surface area contributed by atoms with E-state index in [1.165, 1.54) is 12.8 Å². The number of unbranched alkanes of at least 4 members (excludes halogenated alkanes) is 1. The van der Waals surface area contributed by atoms with Gasteiger partial charge < -0.3 is 9.97 Å². The molecule has 106 valence electrons. The van der Waals surface area contributed by atoms with Crippen molar-refractivity contribution in [1.82, 2.24) is 5.32 Å². The van der Waals surface area contributed by atoms with Crippen molar-refractivity contribution in [3.8, 4) is 0 Å². The minimum atomic E-state index is -0.244. The molecule has 0 amide bonds. The van der Waals surface area contributed by atoms with Crippen LogP contribution in [-0.4, -0.2) is 26.6 Å². The first kappa shape index (κ1) is 20.4. The van der Waals surface area contributed by atoms with Crippen molar-refractivity contribution in [2.24, 2.45) is 5.92 Å². The van der Waals surface area contributed by atoms with E-state index in [1.807, 2.05) is 0 Å². The number of carbonyl (C=O) groups is 1. The van der Waals surface area contributed by atoms with E-state index >= 15 is 0 Å². The van der Waals surface area contributed by atoms with Gasteiger partial charge >= 0.3 is 8.05 Å². The van der Waals surface area contributed by atoms with Gasteiger partial charge in [0.25, 0.3) is 5.97 Å². The molecule has 1 unspecified atom stereocenters. The summed E-state index contributed by atoms with van der Waals surface area (Å²) in [7, 11) is 4.96. The van der Waals surface area contributed by atoms with Crippen LogP contribution in [0.2, 0.25) is 0 Å². The van der Waals surface area contributed by atoms with Crippen LogP contribution in [0.1, 0.15) is 51.9 Å². The normalized spacial score (nSPS) is 19.5. The van der Waals surface area contributed by atoms with E-state index in [0.29, 0.717) is 6.04 Å². The topological polar surface area (TPSA) is 38.3 Å². The highest BCUT2D eigenvalue weighted by atomic mass is 35.5. The van der Waals surface area contributed by atoms with Gasteiger partial charge in [-0.15, -0.1) is 24.8 Å². The Morgan fingerprint density at radius 2 is 2.17 bits per heavy atom. The average molecular weight is 296 g/mol. The smallest absolute Gasteiger partial charge is 0.378 e. The monoisotopic (exact) mass is 295 g/mol. The second-order valence-corrected chi connectivity index (χ2v) is 4.65. The van der Waals surface area contributed by atoms with Gasteiger partial charge in [-0.2, -0.15) is 0 Å². The molecule has 0 spiro atoms. The first-order valence-corrected chi connectivity index (χ1v) is 6.41. The molecule has 0 saturated carbocycles. The SMILES string of the molecule is Cl.Cl.[B]OC(=O)C(CCCC)CC[C@@H]1CCCN1. The van der Waals surface area contributed by atoms with Crippen LogP contribution in [0.4, 0.5) is 0 Å². The van der Waals surface area contributed by atoms with Gasteiger partial charge in [-0.05, 0) is 38.6 Å². The fraction of sp³-hybridized carbons (Fsp3) is 0.917. The molecule has 1 aliphatic heterocycles. The lowest BCUT2D eigenvalue weighted by atomic mass is 9.94. The third kappa shape index (κ3) is 7.50. The molecule has 1 N–H and O–H groups in total. The molecule has 6 heteroatoms. The van der Waals surface area contributed by atoms with Gasteiger partial charge in [-0.3, -0.25) is 4.79 Å². The summed E-state index contributed by atoms with van der Waals surface area (Å²) >= 11 is 0. The number of nitrogens with one attached hydrogen (secondary N) is 1. The summed E-state index contributed by atoms with van der Waals surface area (Å²) in [5.74, 6) is -0.251. The molecule has 0 aliphatic carbocycles. The summed E-state index contributed by atoms with van der Waals surface area (Å²) in [5, 5.41) is 3.44. The third-order valence-electron chi connectivity index (χ3n) is 3.38. The zero-order valence-corrected chi connectivity index (χ0v) is 12.7. The van der Waals surface area contributed by atoms with Crippen LogP contribution in [-0.2, 0) is 9.45 Å². The Kier molecular flexibility index (Phi) is 13.7. The second-order valence-electron chi connectivity index (χ2n) is 4.65. The van der Waals surface area contributed by atoms with Gasteiger partial charge in [0.1, 0.15) is 0 Å². The van der Waals surface area contributed by atoms with Gasteiger partial charge in [0.15, 0.2) is 0 Å². The minimum absolute atomic E-state index is 0. The van der Waals surface area contributed by atoms with Crippen LogP contribution in [0, 0.1) is 5.92 Å². The minimum Gasteiger partial charge on any atom is -0.543 e. The highest BCUT2D eigenvalue weighted by Crippen LogP contribution is 2.20. The highest BCUT2D eigenvalue weighted by molar-refractivity contribution is 6.05. The lowest BCUT2D eigenvalue weighted by molar-refractivity contribution is -0.139. The van der Waals surface area contributed by atoms with Crippen molar-refractivity contribution in [1.29, 1.82) is 0 Å². The number of rotatable bonds is 7. The lowest BCUT2D eigenvalue weighted by Gasteiger charge is -2.17. The van der Waals surface area contributed by atoms with Gasteiger partial charge in [0.2, 0.25) is 0 Å². The summed E-state index contributed by atoms with van der Waals surface area (Å²) in [5.41, 5.74) is 0. The van der Waals surface area contributed by atoms with Gasteiger partial charge in [-0.25, -0.2) is 0 Å². The van der Waals surface area contributed by atoms with E-state index in [-0.39, 0.29) is 36.7 Å². The van der Waals surface area contributed by atoms with Crippen molar-refractivity contribution in [3.63, 3.8) is 0 Å². The van der Waals surface area contributed by atoms with E-state index < -0.39 is 0 Å². The van der Waals surface area contributed by atoms with Crippen LogP contribution >= 0.6 is 24.8 Å². The summed E-state index contributed by atoms with van der Waals surface area (Å²) < 4.78 is 4.37. The Labute approximate surface area is 124 Å². The highest BCUT2D eigenvalue weighted by Gasteiger charge is 2.21. The van der Waals surface area contributed by atoms with E-state index in [9.17, 15) is 4.79 Å². The summed E-state index contributed by atoms with van der Waals surface area (Å²) in [4.78, 5) is 11.5. The van der Waals surface area contributed by atoms with E-state index in [4.69, 9.17) is 8.05 Å². The Morgan fingerprint density at radius 1 is 1.44 bits per heavy atom. The van der Waals surface area contributed by atoms with Crippen molar-refractivity contribution < 1.29 is 9.45 Å². The largest absolute Gasteiger partial charge is 0.543 e. The van der Waals surface area contributed by atoms with E-state index in [0.717, 1.165) is 38.6 Å². The zero-order valence-electron chi connectivity index (χ0n) is 11.0. The maximum absolute atomic E-state index is 11.5.